The summed E-state index contributed by atoms with van der Waals surface area (Å²) in [6.45, 7) is 7.17. The SMILES string of the molecule is CCn1nc(C)c(C(=O)N2CCC(OCCCN)CC2)c1Cl. The largest absolute Gasteiger partial charge is 0.378 e. The molecule has 22 heavy (non-hydrogen) atoms. The average molecular weight is 329 g/mol. The molecule has 1 aliphatic heterocycles. The number of carbonyl (C=O) groups is 1. The van der Waals surface area contributed by atoms with E-state index in [9.17, 15) is 4.79 Å². The van der Waals surface area contributed by atoms with E-state index in [-0.39, 0.29) is 12.0 Å². The zero-order valence-electron chi connectivity index (χ0n) is 13.3. The Hall–Kier alpha value is -1.11. The second-order valence-corrected chi connectivity index (χ2v) is 5.93. The monoisotopic (exact) mass is 328 g/mol. The van der Waals surface area contributed by atoms with Gasteiger partial charge in [0.1, 0.15) is 5.15 Å². The molecule has 0 unspecified atom stereocenters. The summed E-state index contributed by atoms with van der Waals surface area (Å²) in [4.78, 5) is 14.5. The van der Waals surface area contributed by atoms with Gasteiger partial charge in [0.2, 0.25) is 0 Å². The molecule has 6 nitrogen and oxygen atoms in total. The Bertz CT molecular complexity index is 510. The number of halogens is 1. The van der Waals surface area contributed by atoms with Crippen LogP contribution >= 0.6 is 11.6 Å². The van der Waals surface area contributed by atoms with Crippen LogP contribution in [0.2, 0.25) is 5.15 Å². The number of ether oxygens (including phenoxy) is 1. The molecule has 2 N–H and O–H groups in total. The Balaban J connectivity index is 1.94. The van der Waals surface area contributed by atoms with Crippen LogP contribution in [0, 0.1) is 6.92 Å². The molecular formula is C15H25ClN4O2. The Morgan fingerprint density at radius 1 is 1.45 bits per heavy atom. The molecule has 2 heterocycles. The topological polar surface area (TPSA) is 73.4 Å². The highest BCUT2D eigenvalue weighted by atomic mass is 35.5. The number of nitrogens with zero attached hydrogens (tertiary/aromatic N) is 3. The maximum atomic E-state index is 12.7. The second-order valence-electron chi connectivity index (χ2n) is 5.57. The van der Waals surface area contributed by atoms with Crippen molar-refractivity contribution in [2.24, 2.45) is 5.73 Å². The Kier molecular flexibility index (Phi) is 6.23. The fourth-order valence-corrected chi connectivity index (χ4v) is 3.10. The first kappa shape index (κ1) is 17.2. The summed E-state index contributed by atoms with van der Waals surface area (Å²) >= 11 is 6.27. The van der Waals surface area contributed by atoms with Gasteiger partial charge in [0.15, 0.2) is 0 Å². The summed E-state index contributed by atoms with van der Waals surface area (Å²) in [6.07, 6.45) is 2.82. The number of hydrogen-bond donors (Lipinski definition) is 1. The highest BCUT2D eigenvalue weighted by Gasteiger charge is 2.28. The fourth-order valence-electron chi connectivity index (χ4n) is 2.72. The summed E-state index contributed by atoms with van der Waals surface area (Å²) in [6, 6.07) is 0. The number of likely N-dealkylation sites (tertiary alicyclic amines) is 1. The van der Waals surface area contributed by atoms with Gasteiger partial charge in [-0.2, -0.15) is 5.10 Å². The maximum Gasteiger partial charge on any atom is 0.258 e. The Morgan fingerprint density at radius 3 is 2.68 bits per heavy atom. The minimum atomic E-state index is -0.0254. The van der Waals surface area contributed by atoms with Crippen molar-refractivity contribution < 1.29 is 9.53 Å². The van der Waals surface area contributed by atoms with Crippen LogP contribution < -0.4 is 5.73 Å². The molecule has 1 aromatic rings. The fraction of sp³-hybridized carbons (Fsp3) is 0.733. The molecule has 1 saturated heterocycles. The van der Waals surface area contributed by atoms with Crippen LogP contribution in [0.1, 0.15) is 42.2 Å². The maximum absolute atomic E-state index is 12.7. The minimum absolute atomic E-state index is 0.0254. The van der Waals surface area contributed by atoms with E-state index in [0.29, 0.717) is 49.2 Å². The predicted octanol–water partition coefficient (Wildman–Crippen LogP) is 1.83. The third-order valence-electron chi connectivity index (χ3n) is 4.01. The summed E-state index contributed by atoms with van der Waals surface area (Å²) in [5, 5.41) is 4.75. The average Bonchev–Trinajstić information content (AvgIpc) is 2.81. The van der Waals surface area contributed by atoms with Crippen LogP contribution in [0.4, 0.5) is 0 Å². The molecule has 0 bridgehead atoms. The Morgan fingerprint density at radius 2 is 2.14 bits per heavy atom. The number of aromatic nitrogens is 2. The van der Waals surface area contributed by atoms with E-state index in [4.69, 9.17) is 22.1 Å². The van der Waals surface area contributed by atoms with Crippen LogP contribution in [0.15, 0.2) is 0 Å². The van der Waals surface area contributed by atoms with Gasteiger partial charge in [-0.3, -0.25) is 9.48 Å². The molecule has 2 rings (SSSR count). The van der Waals surface area contributed by atoms with Crippen molar-refractivity contribution in [2.75, 3.05) is 26.2 Å². The molecule has 7 heteroatoms. The van der Waals surface area contributed by atoms with Gasteiger partial charge in [-0.05, 0) is 39.7 Å². The lowest BCUT2D eigenvalue weighted by Crippen LogP contribution is -2.41. The lowest BCUT2D eigenvalue weighted by molar-refractivity contribution is 0.00843. The molecular weight excluding hydrogens is 304 g/mol. The molecule has 0 spiro atoms. The van der Waals surface area contributed by atoms with E-state index in [1.165, 1.54) is 0 Å². The van der Waals surface area contributed by atoms with Crippen LogP contribution in [0.5, 0.6) is 0 Å². The highest BCUT2D eigenvalue weighted by molar-refractivity contribution is 6.33. The van der Waals surface area contributed by atoms with E-state index in [1.807, 2.05) is 18.7 Å². The molecule has 0 atom stereocenters. The number of amides is 1. The van der Waals surface area contributed by atoms with Crippen molar-refractivity contribution in [3.63, 3.8) is 0 Å². The number of nitrogens with two attached hydrogens (primary N) is 1. The van der Waals surface area contributed by atoms with Crippen molar-refractivity contribution in [1.29, 1.82) is 0 Å². The molecule has 0 radical (unpaired) electrons. The first-order chi connectivity index (χ1) is 10.6. The van der Waals surface area contributed by atoms with Gasteiger partial charge in [0.25, 0.3) is 5.91 Å². The van der Waals surface area contributed by atoms with Crippen molar-refractivity contribution in [1.82, 2.24) is 14.7 Å². The quantitative estimate of drug-likeness (QED) is 0.809. The van der Waals surface area contributed by atoms with Crippen molar-refractivity contribution in [3.05, 3.63) is 16.4 Å². The molecule has 0 aromatic carbocycles. The summed E-state index contributed by atoms with van der Waals surface area (Å²) in [5.74, 6) is -0.0254. The van der Waals surface area contributed by atoms with E-state index in [2.05, 4.69) is 5.10 Å². The van der Waals surface area contributed by atoms with Crippen molar-refractivity contribution >= 4 is 17.5 Å². The number of piperidine rings is 1. The third-order valence-corrected chi connectivity index (χ3v) is 4.39. The zero-order valence-corrected chi connectivity index (χ0v) is 14.1. The standard InChI is InChI=1S/C15H25ClN4O2/c1-3-20-14(16)13(11(2)18-20)15(21)19-8-5-12(6-9-19)22-10-4-7-17/h12H,3-10,17H2,1-2H3. The number of aryl methyl sites for hydroxylation is 2. The van der Waals surface area contributed by atoms with Gasteiger partial charge in [-0.15, -0.1) is 0 Å². The number of rotatable bonds is 6. The highest BCUT2D eigenvalue weighted by Crippen LogP contribution is 2.24. The van der Waals surface area contributed by atoms with Gasteiger partial charge in [-0.25, -0.2) is 0 Å². The van der Waals surface area contributed by atoms with Gasteiger partial charge in [0.05, 0.1) is 17.4 Å². The summed E-state index contributed by atoms with van der Waals surface area (Å²) < 4.78 is 7.43. The summed E-state index contributed by atoms with van der Waals surface area (Å²) in [5.41, 5.74) is 6.68. The lowest BCUT2D eigenvalue weighted by atomic mass is 10.1. The number of hydrogen-bond acceptors (Lipinski definition) is 4. The second kappa shape index (κ2) is 7.94. The van der Waals surface area contributed by atoms with Crippen LogP contribution in [-0.2, 0) is 11.3 Å². The normalized spacial score (nSPS) is 16.3. The molecule has 124 valence electrons. The van der Waals surface area contributed by atoms with E-state index >= 15 is 0 Å². The summed E-state index contributed by atoms with van der Waals surface area (Å²) in [7, 11) is 0. The van der Waals surface area contributed by atoms with E-state index in [0.717, 1.165) is 19.3 Å². The Labute approximate surface area is 136 Å². The molecule has 1 aliphatic rings. The molecule has 1 fully saturated rings. The van der Waals surface area contributed by atoms with Gasteiger partial charge in [-0.1, -0.05) is 11.6 Å². The minimum Gasteiger partial charge on any atom is -0.378 e. The molecule has 1 aromatic heterocycles. The molecule has 0 aliphatic carbocycles. The van der Waals surface area contributed by atoms with Crippen molar-refractivity contribution in [3.8, 4) is 0 Å². The predicted molar refractivity (Wildman–Crippen MR) is 86.2 cm³/mol. The zero-order chi connectivity index (χ0) is 16.1. The van der Waals surface area contributed by atoms with Gasteiger partial charge < -0.3 is 15.4 Å². The lowest BCUT2D eigenvalue weighted by Gasteiger charge is -2.32. The van der Waals surface area contributed by atoms with Crippen LogP contribution in [0.25, 0.3) is 0 Å². The molecule has 0 saturated carbocycles. The van der Waals surface area contributed by atoms with E-state index < -0.39 is 0 Å². The molecule has 1 amide bonds. The third kappa shape index (κ3) is 3.80. The van der Waals surface area contributed by atoms with E-state index in [1.54, 1.807) is 4.68 Å². The number of carbonyl (C=O) groups excluding carboxylic acids is 1. The van der Waals surface area contributed by atoms with Crippen LogP contribution in [-0.4, -0.2) is 52.9 Å². The first-order valence-electron chi connectivity index (χ1n) is 7.92. The first-order valence-corrected chi connectivity index (χ1v) is 8.30. The van der Waals surface area contributed by atoms with Gasteiger partial charge >= 0.3 is 0 Å². The van der Waals surface area contributed by atoms with Crippen molar-refractivity contribution in [2.45, 2.75) is 45.8 Å². The van der Waals surface area contributed by atoms with Crippen LogP contribution in [0.3, 0.4) is 0 Å². The smallest absolute Gasteiger partial charge is 0.258 e. The van der Waals surface area contributed by atoms with Gasteiger partial charge in [0, 0.05) is 26.2 Å².